The van der Waals surface area contributed by atoms with Crippen molar-refractivity contribution in [3.8, 4) is 0 Å². The summed E-state index contributed by atoms with van der Waals surface area (Å²) in [6.45, 7) is 6.73. The van der Waals surface area contributed by atoms with Crippen LogP contribution in [0.2, 0.25) is 0 Å². The molecule has 0 amide bonds. The second-order valence-corrected chi connectivity index (χ2v) is 4.33. The van der Waals surface area contributed by atoms with Gasteiger partial charge in [0.1, 0.15) is 23.1 Å². The second-order valence-electron chi connectivity index (χ2n) is 4.33. The largest absolute Gasteiger partial charge is 2.00 e. The number of ketones is 4. The molecular formula is C14H24O4Pt2+4. The minimum atomic E-state index is -0.0338. The molecule has 0 aromatic carbocycles. The molecule has 0 spiro atoms. The molecule has 0 aromatic heterocycles. The van der Waals surface area contributed by atoms with Gasteiger partial charge in [0.15, 0.2) is 0 Å². The third kappa shape index (κ3) is 26.6. The fourth-order valence-electron chi connectivity index (χ4n) is 1.29. The smallest absolute Gasteiger partial charge is 0.300 e. The summed E-state index contributed by atoms with van der Waals surface area (Å²) in [4.78, 5) is 41.9. The van der Waals surface area contributed by atoms with E-state index in [1.165, 1.54) is 13.8 Å². The van der Waals surface area contributed by atoms with E-state index in [1.54, 1.807) is 0 Å². The van der Waals surface area contributed by atoms with Gasteiger partial charge in [-0.25, -0.2) is 0 Å². The molecule has 0 atom stereocenters. The molecule has 0 radical (unpaired) electrons. The fraction of sp³-hybridized carbons (Fsp3) is 0.714. The van der Waals surface area contributed by atoms with Crippen LogP contribution in [0.15, 0.2) is 0 Å². The van der Waals surface area contributed by atoms with Crippen molar-refractivity contribution in [1.29, 1.82) is 0 Å². The Balaban J connectivity index is -0.000000116. The second kappa shape index (κ2) is 19.1. The molecule has 0 heterocycles. The number of carbonyl (C=O) groups is 4. The van der Waals surface area contributed by atoms with Gasteiger partial charge in [-0.3, -0.25) is 19.2 Å². The first-order chi connectivity index (χ1) is 8.33. The monoisotopic (exact) mass is 646 g/mol. The summed E-state index contributed by atoms with van der Waals surface area (Å²) in [6, 6.07) is 0. The third-order valence-electron chi connectivity index (χ3n) is 1.95. The maximum absolute atomic E-state index is 10.6. The Morgan fingerprint density at radius 2 is 0.900 bits per heavy atom. The Bertz CT molecular complexity index is 272. The molecule has 0 saturated heterocycles. The molecule has 0 aliphatic heterocycles. The van der Waals surface area contributed by atoms with E-state index in [0.29, 0.717) is 12.8 Å². The standard InChI is InChI=1S/2C7H12O2.2Pt/c2*1-3-4-7(9)5-6(2)8;;/h2*3-5H2,1-2H3;;/q;;2*+2. The van der Waals surface area contributed by atoms with Gasteiger partial charge in [-0.1, -0.05) is 13.8 Å². The average Bonchev–Trinajstić information content (AvgIpc) is 2.16. The van der Waals surface area contributed by atoms with Crippen molar-refractivity contribution in [3.05, 3.63) is 0 Å². The average molecular weight is 646 g/mol. The molecular weight excluding hydrogens is 622 g/mol. The molecule has 20 heavy (non-hydrogen) atoms. The van der Waals surface area contributed by atoms with Gasteiger partial charge in [-0.15, -0.1) is 0 Å². The molecule has 0 unspecified atom stereocenters. The molecule has 0 aliphatic rings. The van der Waals surface area contributed by atoms with Gasteiger partial charge >= 0.3 is 42.1 Å². The molecule has 6 heteroatoms. The van der Waals surface area contributed by atoms with Crippen molar-refractivity contribution < 1.29 is 61.3 Å². The van der Waals surface area contributed by atoms with Crippen LogP contribution in [0, 0.1) is 0 Å². The van der Waals surface area contributed by atoms with Crippen molar-refractivity contribution in [2.24, 2.45) is 0 Å². The van der Waals surface area contributed by atoms with Crippen molar-refractivity contribution in [1.82, 2.24) is 0 Å². The number of rotatable bonds is 8. The van der Waals surface area contributed by atoms with Gasteiger partial charge in [0.25, 0.3) is 0 Å². The van der Waals surface area contributed by atoms with Crippen LogP contribution in [0.3, 0.4) is 0 Å². The first-order valence-electron chi connectivity index (χ1n) is 6.35. The van der Waals surface area contributed by atoms with E-state index in [-0.39, 0.29) is 78.1 Å². The maximum Gasteiger partial charge on any atom is 2.00 e. The van der Waals surface area contributed by atoms with Gasteiger partial charge in [-0.2, -0.15) is 0 Å². The molecule has 120 valence electrons. The van der Waals surface area contributed by atoms with E-state index < -0.39 is 0 Å². The minimum Gasteiger partial charge on any atom is -0.300 e. The van der Waals surface area contributed by atoms with E-state index >= 15 is 0 Å². The van der Waals surface area contributed by atoms with Crippen LogP contribution in [0.4, 0.5) is 0 Å². The third-order valence-corrected chi connectivity index (χ3v) is 1.95. The predicted octanol–water partition coefficient (Wildman–Crippen LogP) is 2.66. The van der Waals surface area contributed by atoms with Gasteiger partial charge in [0.2, 0.25) is 0 Å². The Labute approximate surface area is 150 Å². The van der Waals surface area contributed by atoms with Crippen LogP contribution in [0.5, 0.6) is 0 Å². The fourth-order valence-corrected chi connectivity index (χ4v) is 1.29. The van der Waals surface area contributed by atoms with E-state index in [4.69, 9.17) is 0 Å². The van der Waals surface area contributed by atoms with Crippen molar-refractivity contribution >= 4 is 23.1 Å². The molecule has 0 bridgehead atoms. The Morgan fingerprint density at radius 1 is 0.650 bits per heavy atom. The number of hydrogen-bond donors (Lipinski definition) is 0. The summed E-state index contributed by atoms with van der Waals surface area (Å²) < 4.78 is 0. The topological polar surface area (TPSA) is 68.3 Å². The van der Waals surface area contributed by atoms with Gasteiger partial charge < -0.3 is 0 Å². The minimum absolute atomic E-state index is 0. The van der Waals surface area contributed by atoms with Gasteiger partial charge in [0.05, 0.1) is 12.8 Å². The van der Waals surface area contributed by atoms with Gasteiger partial charge in [-0.05, 0) is 26.7 Å². The summed E-state index contributed by atoms with van der Waals surface area (Å²) in [5.41, 5.74) is 0. The van der Waals surface area contributed by atoms with Crippen LogP contribution in [-0.2, 0) is 61.3 Å². The molecule has 0 N–H and O–H groups in total. The van der Waals surface area contributed by atoms with Crippen LogP contribution in [-0.4, -0.2) is 23.1 Å². The number of carbonyl (C=O) groups excluding carboxylic acids is 4. The maximum atomic E-state index is 10.6. The van der Waals surface area contributed by atoms with E-state index in [1.807, 2.05) is 13.8 Å². The number of hydrogen-bond acceptors (Lipinski definition) is 4. The Hall–Kier alpha value is 0.0566. The summed E-state index contributed by atoms with van der Waals surface area (Å²) in [5.74, 6) is 0.0527. The summed E-state index contributed by atoms with van der Waals surface area (Å²) in [7, 11) is 0. The quantitative estimate of drug-likeness (QED) is 0.381. The van der Waals surface area contributed by atoms with Crippen LogP contribution < -0.4 is 0 Å². The van der Waals surface area contributed by atoms with E-state index in [0.717, 1.165) is 12.8 Å². The van der Waals surface area contributed by atoms with Crippen LogP contribution in [0.25, 0.3) is 0 Å². The normalized spacial score (nSPS) is 8.20. The molecule has 0 aliphatic carbocycles. The molecule has 4 nitrogen and oxygen atoms in total. The zero-order chi connectivity index (χ0) is 14.6. The number of Topliss-reactive ketones (excluding diaryl/α,β-unsaturated/α-hetero) is 4. The Morgan fingerprint density at radius 3 is 1.05 bits per heavy atom. The van der Waals surface area contributed by atoms with Crippen molar-refractivity contribution in [3.63, 3.8) is 0 Å². The molecule has 0 fully saturated rings. The summed E-state index contributed by atoms with van der Waals surface area (Å²) in [5, 5.41) is 0. The molecule has 0 rings (SSSR count). The molecule has 0 saturated carbocycles. The van der Waals surface area contributed by atoms with Crippen molar-refractivity contribution in [2.45, 2.75) is 66.2 Å². The first kappa shape index (κ1) is 28.3. The zero-order valence-electron chi connectivity index (χ0n) is 12.5. The summed E-state index contributed by atoms with van der Waals surface area (Å²) >= 11 is 0. The van der Waals surface area contributed by atoms with E-state index in [9.17, 15) is 19.2 Å². The van der Waals surface area contributed by atoms with Gasteiger partial charge in [0, 0.05) is 12.8 Å². The zero-order valence-corrected chi connectivity index (χ0v) is 17.1. The first-order valence-corrected chi connectivity index (χ1v) is 6.35. The van der Waals surface area contributed by atoms with Crippen molar-refractivity contribution in [2.75, 3.05) is 0 Å². The van der Waals surface area contributed by atoms with Crippen LogP contribution in [0.1, 0.15) is 66.2 Å². The predicted molar refractivity (Wildman–Crippen MR) is 70.4 cm³/mol. The SMILES string of the molecule is CCCC(=O)CC(C)=O.CCCC(=O)CC(C)=O.[Pt+2].[Pt+2]. The summed E-state index contributed by atoms with van der Waals surface area (Å²) in [6.07, 6.45) is 3.00. The Kier molecular flexibility index (Phi) is 26.9. The van der Waals surface area contributed by atoms with E-state index in [2.05, 4.69) is 0 Å². The molecule has 0 aromatic rings. The van der Waals surface area contributed by atoms with Crippen LogP contribution >= 0.6 is 0 Å².